The fourth-order valence-electron chi connectivity index (χ4n) is 2.59. The number of carbonyl (C=O) groups excluding carboxylic acids is 1. The summed E-state index contributed by atoms with van der Waals surface area (Å²) < 4.78 is 50.2. The van der Waals surface area contributed by atoms with Gasteiger partial charge in [0.05, 0.1) is 16.3 Å². The lowest BCUT2D eigenvalue weighted by Crippen LogP contribution is -2.22. The second-order valence-corrected chi connectivity index (χ2v) is 8.33. The van der Waals surface area contributed by atoms with E-state index in [1.54, 1.807) is 6.92 Å². The zero-order valence-electron chi connectivity index (χ0n) is 14.8. The van der Waals surface area contributed by atoms with E-state index >= 15 is 0 Å². The number of hydrogen-bond donors (Lipinski definition) is 2. The Hall–Kier alpha value is -2.53. The third kappa shape index (κ3) is 3.72. The van der Waals surface area contributed by atoms with Crippen LogP contribution in [-0.2, 0) is 17.3 Å². The van der Waals surface area contributed by atoms with E-state index in [1.807, 2.05) is 6.92 Å². The summed E-state index contributed by atoms with van der Waals surface area (Å²) in [6.45, 7) is 3.57. The van der Waals surface area contributed by atoms with Gasteiger partial charge in [0.1, 0.15) is 26.3 Å². The Morgan fingerprint density at radius 1 is 1.32 bits per heavy atom. The molecule has 6 nitrogen and oxygen atoms in total. The van der Waals surface area contributed by atoms with Gasteiger partial charge >= 0.3 is 5.76 Å². The molecule has 0 aliphatic heterocycles. The number of carbonyl (C=O) groups is 1. The number of thiophene rings is 1. The summed E-state index contributed by atoms with van der Waals surface area (Å²) in [7, 11) is -2.74. The topological polar surface area (TPSA) is 98.0 Å². The monoisotopic (exact) mass is 428 g/mol. The first-order valence-corrected chi connectivity index (χ1v) is 10.0. The number of fused-ring (bicyclic) bond motifs is 1. The number of rotatable bonds is 5. The highest BCUT2D eigenvalue weighted by molar-refractivity contribution is 7.85. The highest BCUT2D eigenvalue weighted by atomic mass is 32.2. The number of nitrogens with zero attached hydrogens (tertiary/aromatic N) is 2. The zero-order chi connectivity index (χ0) is 20.6. The van der Waals surface area contributed by atoms with Crippen molar-refractivity contribution in [1.29, 1.82) is 0 Å². The fraction of sp³-hybridized carbons (Fsp3) is 0.235. The lowest BCUT2D eigenvalue weighted by molar-refractivity contribution is 0.0955. The van der Waals surface area contributed by atoms with Crippen molar-refractivity contribution >= 4 is 43.9 Å². The van der Waals surface area contributed by atoms with Crippen LogP contribution in [0, 0.1) is 19.7 Å². The van der Waals surface area contributed by atoms with Crippen LogP contribution in [-0.4, -0.2) is 26.1 Å². The van der Waals surface area contributed by atoms with Crippen LogP contribution < -0.4 is 11.1 Å². The van der Waals surface area contributed by atoms with Gasteiger partial charge in [-0.05, 0) is 37.1 Å². The molecule has 3 rings (SSSR count). The van der Waals surface area contributed by atoms with Crippen molar-refractivity contribution in [2.24, 2.45) is 0 Å². The summed E-state index contributed by atoms with van der Waals surface area (Å²) in [5.41, 5.74) is 8.27. The van der Waals surface area contributed by atoms with Crippen molar-refractivity contribution in [3.8, 4) is 0 Å². The molecule has 0 radical (unpaired) electrons. The van der Waals surface area contributed by atoms with E-state index in [9.17, 15) is 22.2 Å². The summed E-state index contributed by atoms with van der Waals surface area (Å²) in [5.74, 6) is -4.67. The Kier molecular flexibility index (Phi) is 5.66. The van der Waals surface area contributed by atoms with Gasteiger partial charge in [0.25, 0.3) is 5.91 Å². The molecule has 2 aromatic heterocycles. The van der Waals surface area contributed by atoms with E-state index in [1.165, 1.54) is 6.07 Å². The average Bonchev–Trinajstić information content (AvgIpc) is 2.99. The zero-order valence-corrected chi connectivity index (χ0v) is 16.4. The number of nitrogen functional groups attached to an aromatic ring is 1. The molecule has 0 saturated carbocycles. The van der Waals surface area contributed by atoms with Gasteiger partial charge in [-0.15, -0.1) is 16.4 Å². The molecule has 1 aromatic carbocycles. The molecule has 3 N–H and O–H groups in total. The highest BCUT2D eigenvalue weighted by Crippen LogP contribution is 2.34. The van der Waals surface area contributed by atoms with Crippen LogP contribution in [0.4, 0.5) is 18.9 Å². The first-order valence-electron chi connectivity index (χ1n) is 7.98. The molecule has 1 unspecified atom stereocenters. The molecule has 0 fully saturated rings. The third-order valence-corrected chi connectivity index (χ3v) is 6.35. The molecule has 0 aliphatic carbocycles. The largest absolute Gasteiger partial charge is 0.397 e. The smallest absolute Gasteiger partial charge is 0.316 e. The second kappa shape index (κ2) is 7.84. The van der Waals surface area contributed by atoms with E-state index < -0.39 is 33.2 Å². The quantitative estimate of drug-likeness (QED) is 0.650. The standard InChI is InChI=1S/C17H15F3N4O2S2/c1-7-8(2)23-24-16-12(7)13(21)14(27-16)15(25)22-6-9-3-4-11(10(18)5-9)28(26)17(19)20/h3-5,17H,6,21H2,1-2H3,(H,22,25). The number of nitrogens with one attached hydrogen (secondary N) is 1. The molecule has 0 spiro atoms. The molecule has 3 aromatic rings. The van der Waals surface area contributed by atoms with Gasteiger partial charge in [-0.25, -0.2) is 8.60 Å². The number of anilines is 1. The summed E-state index contributed by atoms with van der Waals surface area (Å²) >= 11 is 1.09. The van der Waals surface area contributed by atoms with E-state index in [2.05, 4.69) is 15.5 Å². The van der Waals surface area contributed by atoms with Gasteiger partial charge in [-0.3, -0.25) is 4.79 Å². The van der Waals surface area contributed by atoms with Gasteiger partial charge in [0.15, 0.2) is 0 Å². The Morgan fingerprint density at radius 2 is 2.04 bits per heavy atom. The minimum atomic E-state index is -3.17. The summed E-state index contributed by atoms with van der Waals surface area (Å²) in [6.07, 6.45) is 0. The summed E-state index contributed by atoms with van der Waals surface area (Å²) in [5, 5.41) is 11.3. The van der Waals surface area contributed by atoms with Gasteiger partial charge in [0, 0.05) is 11.9 Å². The first-order chi connectivity index (χ1) is 13.2. The van der Waals surface area contributed by atoms with E-state index in [0.717, 1.165) is 29.0 Å². The van der Waals surface area contributed by atoms with Gasteiger partial charge in [-0.2, -0.15) is 13.9 Å². The van der Waals surface area contributed by atoms with Crippen molar-refractivity contribution in [2.45, 2.75) is 31.0 Å². The van der Waals surface area contributed by atoms with Gasteiger partial charge in [0.2, 0.25) is 0 Å². The molecule has 2 heterocycles. The lowest BCUT2D eigenvalue weighted by Gasteiger charge is -2.07. The number of hydrogen-bond acceptors (Lipinski definition) is 6. The first kappa shape index (κ1) is 20.2. The molecule has 148 valence electrons. The van der Waals surface area contributed by atoms with Crippen LogP contribution in [0.15, 0.2) is 23.1 Å². The Morgan fingerprint density at radius 3 is 2.68 bits per heavy atom. The van der Waals surface area contributed by atoms with Crippen LogP contribution in [0.5, 0.6) is 0 Å². The van der Waals surface area contributed by atoms with E-state index in [4.69, 9.17) is 5.73 Å². The summed E-state index contributed by atoms with van der Waals surface area (Å²) in [4.78, 5) is 12.7. The fourth-order valence-corrected chi connectivity index (χ4v) is 4.25. The number of amides is 1. The van der Waals surface area contributed by atoms with Crippen molar-refractivity contribution in [3.63, 3.8) is 0 Å². The highest BCUT2D eigenvalue weighted by Gasteiger charge is 2.21. The minimum absolute atomic E-state index is 0.0608. The molecular formula is C17H15F3N4O2S2. The van der Waals surface area contributed by atoms with E-state index in [0.29, 0.717) is 27.2 Å². The van der Waals surface area contributed by atoms with Crippen LogP contribution in [0.3, 0.4) is 0 Å². The van der Waals surface area contributed by atoms with Crippen molar-refractivity contribution in [2.75, 3.05) is 5.73 Å². The van der Waals surface area contributed by atoms with Gasteiger partial charge in [-0.1, -0.05) is 6.07 Å². The normalized spacial score (nSPS) is 12.5. The number of benzene rings is 1. The summed E-state index contributed by atoms with van der Waals surface area (Å²) in [6, 6.07) is 3.31. The molecule has 28 heavy (non-hydrogen) atoms. The number of alkyl halides is 2. The molecule has 1 atom stereocenters. The molecule has 11 heteroatoms. The van der Waals surface area contributed by atoms with Crippen LogP contribution in [0.1, 0.15) is 26.5 Å². The van der Waals surface area contributed by atoms with Crippen molar-refractivity contribution in [1.82, 2.24) is 15.5 Å². The number of aromatic nitrogens is 2. The average molecular weight is 428 g/mol. The second-order valence-electron chi connectivity index (χ2n) is 5.94. The number of halogens is 3. The van der Waals surface area contributed by atoms with Crippen molar-refractivity contribution in [3.05, 3.63) is 45.7 Å². The molecule has 1 amide bonds. The van der Waals surface area contributed by atoms with Crippen LogP contribution in [0.25, 0.3) is 10.2 Å². The Bertz CT molecular complexity index is 1100. The third-order valence-electron chi connectivity index (χ3n) is 4.17. The SMILES string of the molecule is Cc1nnc2sc(C(=O)NCc3ccc(S(=O)C(F)F)c(F)c3)c(N)c2c1C. The van der Waals surface area contributed by atoms with Crippen LogP contribution in [0.2, 0.25) is 0 Å². The predicted molar refractivity (Wildman–Crippen MR) is 101 cm³/mol. The molecular weight excluding hydrogens is 413 g/mol. The number of nitrogens with two attached hydrogens (primary N) is 1. The lowest BCUT2D eigenvalue weighted by atomic mass is 10.1. The van der Waals surface area contributed by atoms with E-state index in [-0.39, 0.29) is 11.4 Å². The maximum Gasteiger partial charge on any atom is 0.316 e. The molecule has 0 aliphatic rings. The molecule has 0 bridgehead atoms. The van der Waals surface area contributed by atoms with Gasteiger partial charge < -0.3 is 11.1 Å². The Labute approximate surface area is 164 Å². The van der Waals surface area contributed by atoms with Crippen LogP contribution >= 0.6 is 11.3 Å². The Balaban J connectivity index is 1.79. The maximum absolute atomic E-state index is 13.9. The van der Waals surface area contributed by atoms with Crippen molar-refractivity contribution < 1.29 is 22.2 Å². The maximum atomic E-state index is 13.9. The predicted octanol–water partition coefficient (Wildman–Crippen LogP) is 3.29. The minimum Gasteiger partial charge on any atom is -0.397 e. The molecule has 0 saturated heterocycles. The number of aryl methyl sites for hydroxylation is 2.